The summed E-state index contributed by atoms with van der Waals surface area (Å²) in [7, 11) is 0. The summed E-state index contributed by atoms with van der Waals surface area (Å²) in [6, 6.07) is 6.91. The molecule has 1 aromatic rings. The number of thioether (sulfide) groups is 1. The van der Waals surface area contributed by atoms with Gasteiger partial charge in [-0.15, -0.1) is 11.8 Å². The number of urea groups is 1. The molecule has 0 unspecified atom stereocenters. The highest BCUT2D eigenvalue weighted by Crippen LogP contribution is 2.11. The van der Waals surface area contributed by atoms with Gasteiger partial charge in [0.2, 0.25) is 5.91 Å². The molecule has 0 aromatic heterocycles. The lowest BCUT2D eigenvalue weighted by Gasteiger charge is -2.18. The van der Waals surface area contributed by atoms with Crippen molar-refractivity contribution in [2.45, 2.75) is 20.0 Å². The molecule has 9 heteroatoms. The standard InChI is InChI=1S/C17H21N3O5S/c1-11-4-3-5-13(8-11)19-14(21)9-26-10-15(22)25-12(2)16(23)20-7-6-18-17(20)24/h3-5,8,12H,6-7,9-10H2,1-2H3,(H,18,24)(H,19,21)/t12-/m1/s1. The number of nitrogens with one attached hydrogen (secondary N) is 2. The predicted octanol–water partition coefficient (Wildman–Crippen LogP) is 1.15. The average molecular weight is 379 g/mol. The summed E-state index contributed by atoms with van der Waals surface area (Å²) in [5, 5.41) is 5.25. The molecule has 2 rings (SSSR count). The first kappa shape index (κ1) is 19.8. The number of amides is 4. The molecule has 1 fully saturated rings. The highest BCUT2D eigenvalue weighted by Gasteiger charge is 2.31. The van der Waals surface area contributed by atoms with Crippen molar-refractivity contribution in [1.82, 2.24) is 10.2 Å². The van der Waals surface area contributed by atoms with E-state index in [0.717, 1.165) is 22.2 Å². The van der Waals surface area contributed by atoms with Crippen LogP contribution in [0.5, 0.6) is 0 Å². The predicted molar refractivity (Wildman–Crippen MR) is 97.8 cm³/mol. The SMILES string of the molecule is Cc1cccc(NC(=O)CSCC(=O)O[C@H](C)C(=O)N2CCNC2=O)c1. The molecule has 1 aromatic carbocycles. The zero-order chi connectivity index (χ0) is 19.1. The lowest BCUT2D eigenvalue weighted by atomic mass is 10.2. The molecule has 8 nitrogen and oxygen atoms in total. The van der Waals surface area contributed by atoms with Gasteiger partial charge in [-0.3, -0.25) is 19.3 Å². The normalized spacial score (nSPS) is 14.5. The van der Waals surface area contributed by atoms with E-state index in [1.807, 2.05) is 25.1 Å². The molecule has 1 heterocycles. The topological polar surface area (TPSA) is 105 Å². The van der Waals surface area contributed by atoms with Gasteiger partial charge in [0.05, 0.1) is 11.5 Å². The van der Waals surface area contributed by atoms with Gasteiger partial charge in [-0.25, -0.2) is 4.79 Å². The number of carbonyl (C=O) groups is 4. The van der Waals surface area contributed by atoms with Gasteiger partial charge in [-0.1, -0.05) is 12.1 Å². The average Bonchev–Trinajstić information content (AvgIpc) is 3.00. The number of hydrogen-bond acceptors (Lipinski definition) is 6. The summed E-state index contributed by atoms with van der Waals surface area (Å²) in [5.74, 6) is -1.38. The summed E-state index contributed by atoms with van der Waals surface area (Å²) < 4.78 is 5.03. The van der Waals surface area contributed by atoms with E-state index < -0.39 is 24.0 Å². The third kappa shape index (κ3) is 5.76. The maximum atomic E-state index is 12.0. The van der Waals surface area contributed by atoms with Crippen LogP contribution in [0.1, 0.15) is 12.5 Å². The Balaban J connectivity index is 1.68. The third-order valence-corrected chi connectivity index (χ3v) is 4.44. The second-order valence-electron chi connectivity index (χ2n) is 5.76. The van der Waals surface area contributed by atoms with Gasteiger partial charge in [0.15, 0.2) is 6.10 Å². The van der Waals surface area contributed by atoms with E-state index in [2.05, 4.69) is 10.6 Å². The molecule has 0 radical (unpaired) electrons. The Hall–Kier alpha value is -2.55. The van der Waals surface area contributed by atoms with Crippen molar-refractivity contribution in [2.24, 2.45) is 0 Å². The van der Waals surface area contributed by atoms with E-state index in [0.29, 0.717) is 12.2 Å². The minimum atomic E-state index is -1.05. The van der Waals surface area contributed by atoms with Crippen molar-refractivity contribution in [3.63, 3.8) is 0 Å². The van der Waals surface area contributed by atoms with Gasteiger partial charge in [0.1, 0.15) is 0 Å². The molecule has 1 saturated heterocycles. The van der Waals surface area contributed by atoms with E-state index >= 15 is 0 Å². The summed E-state index contributed by atoms with van der Waals surface area (Å²) in [4.78, 5) is 48.1. The van der Waals surface area contributed by atoms with Crippen LogP contribution in [0.2, 0.25) is 0 Å². The van der Waals surface area contributed by atoms with Crippen LogP contribution in [0.15, 0.2) is 24.3 Å². The number of aryl methyl sites for hydroxylation is 1. The second-order valence-corrected chi connectivity index (χ2v) is 6.75. The van der Waals surface area contributed by atoms with E-state index in [9.17, 15) is 19.2 Å². The Morgan fingerprint density at radius 1 is 1.35 bits per heavy atom. The molecule has 1 aliphatic rings. The number of ether oxygens (including phenoxy) is 1. The largest absolute Gasteiger partial charge is 0.452 e. The van der Waals surface area contributed by atoms with Crippen LogP contribution in [0.25, 0.3) is 0 Å². The number of hydrogen-bond donors (Lipinski definition) is 2. The first-order valence-corrected chi connectivity index (χ1v) is 9.25. The van der Waals surface area contributed by atoms with Crippen LogP contribution in [0.4, 0.5) is 10.5 Å². The van der Waals surface area contributed by atoms with Crippen LogP contribution >= 0.6 is 11.8 Å². The number of nitrogens with zero attached hydrogens (tertiary/aromatic N) is 1. The Labute approximate surface area is 155 Å². The van der Waals surface area contributed by atoms with Crippen LogP contribution in [0, 0.1) is 6.92 Å². The molecular formula is C17H21N3O5S. The quantitative estimate of drug-likeness (QED) is 0.689. The number of rotatable bonds is 7. The van der Waals surface area contributed by atoms with E-state index in [1.165, 1.54) is 6.92 Å². The molecule has 0 saturated carbocycles. The van der Waals surface area contributed by atoms with Crippen LogP contribution in [-0.2, 0) is 19.1 Å². The number of imide groups is 1. The van der Waals surface area contributed by atoms with Gasteiger partial charge >= 0.3 is 12.0 Å². The first-order chi connectivity index (χ1) is 12.4. The number of anilines is 1. The Morgan fingerprint density at radius 2 is 2.12 bits per heavy atom. The van der Waals surface area contributed by atoms with Gasteiger partial charge in [0.25, 0.3) is 5.91 Å². The molecule has 1 aliphatic heterocycles. The molecule has 4 amide bonds. The van der Waals surface area contributed by atoms with Gasteiger partial charge in [-0.05, 0) is 31.5 Å². The zero-order valence-electron chi connectivity index (χ0n) is 14.6. The summed E-state index contributed by atoms with van der Waals surface area (Å²) >= 11 is 1.09. The minimum absolute atomic E-state index is 0.0644. The maximum Gasteiger partial charge on any atom is 0.324 e. The van der Waals surface area contributed by atoms with E-state index in [-0.39, 0.29) is 24.0 Å². The maximum absolute atomic E-state index is 12.0. The van der Waals surface area contributed by atoms with E-state index in [1.54, 1.807) is 6.07 Å². The van der Waals surface area contributed by atoms with Crippen molar-refractivity contribution in [2.75, 3.05) is 29.9 Å². The molecule has 0 spiro atoms. The zero-order valence-corrected chi connectivity index (χ0v) is 15.4. The van der Waals surface area contributed by atoms with Gasteiger partial charge in [-0.2, -0.15) is 0 Å². The van der Waals surface area contributed by atoms with Crippen molar-refractivity contribution >= 4 is 41.3 Å². The molecule has 1 atom stereocenters. The lowest BCUT2D eigenvalue weighted by molar-refractivity contribution is -0.155. The summed E-state index contributed by atoms with van der Waals surface area (Å²) in [5.41, 5.74) is 1.73. The number of carbonyl (C=O) groups excluding carboxylic acids is 4. The fourth-order valence-corrected chi connectivity index (χ4v) is 2.92. The Kier molecular flexibility index (Phi) is 7.02. The van der Waals surface area contributed by atoms with Crippen LogP contribution in [-0.4, -0.2) is 59.4 Å². The smallest absolute Gasteiger partial charge is 0.324 e. The van der Waals surface area contributed by atoms with Crippen LogP contribution < -0.4 is 10.6 Å². The fourth-order valence-electron chi connectivity index (χ4n) is 2.33. The van der Waals surface area contributed by atoms with Crippen molar-refractivity contribution in [3.05, 3.63) is 29.8 Å². The van der Waals surface area contributed by atoms with Crippen molar-refractivity contribution in [1.29, 1.82) is 0 Å². The lowest BCUT2D eigenvalue weighted by Crippen LogP contribution is -2.42. The highest BCUT2D eigenvalue weighted by atomic mass is 32.2. The fraction of sp³-hybridized carbons (Fsp3) is 0.412. The number of esters is 1. The molecule has 0 bridgehead atoms. The molecule has 140 valence electrons. The van der Waals surface area contributed by atoms with Crippen molar-refractivity contribution in [3.8, 4) is 0 Å². The summed E-state index contributed by atoms with van der Waals surface area (Å²) in [6.07, 6.45) is -1.05. The molecule has 26 heavy (non-hydrogen) atoms. The van der Waals surface area contributed by atoms with Gasteiger partial charge < -0.3 is 15.4 Å². The van der Waals surface area contributed by atoms with Gasteiger partial charge in [0, 0.05) is 18.8 Å². The first-order valence-electron chi connectivity index (χ1n) is 8.10. The monoisotopic (exact) mass is 379 g/mol. The van der Waals surface area contributed by atoms with Crippen LogP contribution in [0.3, 0.4) is 0 Å². The van der Waals surface area contributed by atoms with Crippen molar-refractivity contribution < 1.29 is 23.9 Å². The highest BCUT2D eigenvalue weighted by molar-refractivity contribution is 8.00. The number of benzene rings is 1. The van der Waals surface area contributed by atoms with E-state index in [4.69, 9.17) is 4.74 Å². The minimum Gasteiger partial charge on any atom is -0.452 e. The molecule has 2 N–H and O–H groups in total. The molecule has 0 aliphatic carbocycles. The summed E-state index contributed by atoms with van der Waals surface area (Å²) in [6.45, 7) is 3.99. The Bertz CT molecular complexity index is 709. The second kappa shape index (κ2) is 9.23. The Morgan fingerprint density at radius 3 is 2.77 bits per heavy atom. The third-order valence-electron chi connectivity index (χ3n) is 3.53. The molecular weight excluding hydrogens is 358 g/mol.